The molecule has 1 aromatic carbocycles. The molecule has 4 atom stereocenters. The van der Waals surface area contributed by atoms with Gasteiger partial charge in [-0.25, -0.2) is 31.1 Å². The zero-order valence-electron chi connectivity index (χ0n) is 25.3. The number of ether oxygens (including phenoxy) is 1. The van der Waals surface area contributed by atoms with Crippen LogP contribution in [0.4, 0.5) is 27.6 Å². The summed E-state index contributed by atoms with van der Waals surface area (Å²) in [5, 5.41) is 15.5. The van der Waals surface area contributed by atoms with Gasteiger partial charge in [0.05, 0.1) is 25.9 Å². The number of nitrogens with zero attached hydrogens (tertiary/aromatic N) is 3. The lowest BCUT2D eigenvalue weighted by Gasteiger charge is -2.33. The van der Waals surface area contributed by atoms with Crippen LogP contribution >= 0.6 is 11.9 Å². The predicted octanol–water partition coefficient (Wildman–Crippen LogP) is 6.28. The number of anilines is 1. The van der Waals surface area contributed by atoms with Crippen molar-refractivity contribution >= 4 is 29.5 Å². The van der Waals surface area contributed by atoms with Crippen molar-refractivity contribution < 1.29 is 46.5 Å². The van der Waals surface area contributed by atoms with Crippen molar-refractivity contribution in [2.75, 3.05) is 32.2 Å². The lowest BCUT2D eigenvalue weighted by Crippen LogP contribution is -2.44. The number of hydrogen-bond acceptors (Lipinski definition) is 8. The number of esters is 1. The van der Waals surface area contributed by atoms with Gasteiger partial charge in [-0.2, -0.15) is 0 Å². The van der Waals surface area contributed by atoms with E-state index in [1.54, 1.807) is 19.2 Å². The van der Waals surface area contributed by atoms with Crippen LogP contribution in [0.1, 0.15) is 66.6 Å². The Morgan fingerprint density at radius 1 is 1.02 bits per heavy atom. The summed E-state index contributed by atoms with van der Waals surface area (Å²) in [5.74, 6) is -5.15. The zero-order valence-corrected chi connectivity index (χ0v) is 26.1. The number of methoxy groups -OCH3 is 1. The number of carbonyl (C=O) groups is 2. The fourth-order valence-electron chi connectivity index (χ4n) is 5.26. The van der Waals surface area contributed by atoms with E-state index in [1.807, 2.05) is 6.07 Å². The summed E-state index contributed by atoms with van der Waals surface area (Å²) in [4.78, 5) is 31.5. The van der Waals surface area contributed by atoms with Crippen LogP contribution in [0.3, 0.4) is 0 Å². The Balaban J connectivity index is 0.00000271. The van der Waals surface area contributed by atoms with Crippen LogP contribution in [0.5, 0.6) is 5.75 Å². The van der Waals surface area contributed by atoms with E-state index in [1.165, 1.54) is 33.8 Å². The van der Waals surface area contributed by atoms with Gasteiger partial charge in [-0.05, 0) is 42.5 Å². The highest BCUT2D eigenvalue weighted by atomic mass is 32.2. The molecule has 14 heteroatoms. The highest BCUT2D eigenvalue weighted by molar-refractivity contribution is 7.97. The van der Waals surface area contributed by atoms with Crippen molar-refractivity contribution in [3.05, 3.63) is 65.0 Å². The Bertz CT molecular complexity index is 1330. The molecule has 1 heterocycles. The first kappa shape index (κ1) is 36.2. The molecule has 0 bridgehead atoms. The quantitative estimate of drug-likeness (QED) is 0.175. The molecule has 2 aromatic rings. The highest BCUT2D eigenvalue weighted by Crippen LogP contribution is 2.41. The van der Waals surface area contributed by atoms with Gasteiger partial charge < -0.3 is 19.8 Å². The maximum atomic E-state index is 14.5. The number of phenolic OH excluding ortho intramolecular Hbond substituents is 1. The summed E-state index contributed by atoms with van der Waals surface area (Å²) in [6.07, 6.45) is -1.13. The van der Waals surface area contributed by atoms with Gasteiger partial charge in [0.25, 0.3) is 0 Å². The van der Waals surface area contributed by atoms with Gasteiger partial charge in [-0.3, -0.25) is 9.78 Å². The second kappa shape index (κ2) is 16.9. The Morgan fingerprint density at radius 2 is 1.71 bits per heavy atom. The van der Waals surface area contributed by atoms with E-state index in [9.17, 15) is 36.6 Å². The number of rotatable bonds is 10. The number of alkyl halides is 3. The molecule has 1 fully saturated rings. The van der Waals surface area contributed by atoms with Gasteiger partial charge in [0.15, 0.2) is 30.2 Å². The summed E-state index contributed by atoms with van der Waals surface area (Å²) >= 11 is 0.374. The standard InChI is InChI=1S/C30H34F5N3O4S.CH4O/c1-3-37(43-29-27(34)25(32)24(31)26(33)28(29)35)16-23(40)38(20-11-12-21(22(39)13-20)30(41)42-2)15-19-10-9-18(14-36-19)17-7-5-4-6-8-17;1-2/h9-14,17,24-25,27,29,39H,3-8,15-16H2,1-2H3;2H,1H3. The van der Waals surface area contributed by atoms with Gasteiger partial charge in [0, 0.05) is 31.6 Å². The van der Waals surface area contributed by atoms with Crippen LogP contribution in [0, 0.1) is 0 Å². The van der Waals surface area contributed by atoms with Crippen LogP contribution in [0.2, 0.25) is 0 Å². The second-order valence-electron chi connectivity index (χ2n) is 10.6. The average molecular weight is 660 g/mol. The van der Waals surface area contributed by atoms with Crippen molar-refractivity contribution in [1.29, 1.82) is 0 Å². The number of amides is 1. The highest BCUT2D eigenvalue weighted by Gasteiger charge is 2.48. The number of pyridine rings is 1. The summed E-state index contributed by atoms with van der Waals surface area (Å²) in [5.41, 5.74) is 1.69. The number of likely N-dealkylation sites (N-methyl/N-ethyl adjacent to an activating group) is 1. The second-order valence-corrected chi connectivity index (χ2v) is 11.8. The first-order chi connectivity index (χ1) is 21.5. The zero-order chi connectivity index (χ0) is 33.3. The molecule has 2 N–H and O–H groups in total. The van der Waals surface area contributed by atoms with E-state index < -0.39 is 59.6 Å². The van der Waals surface area contributed by atoms with Crippen LogP contribution in [-0.2, 0) is 16.1 Å². The number of halogens is 5. The fourth-order valence-corrected chi connectivity index (χ4v) is 6.39. The van der Waals surface area contributed by atoms with Crippen LogP contribution < -0.4 is 4.90 Å². The molecule has 4 unspecified atom stereocenters. The number of aromatic hydroxyl groups is 1. The Hall–Kier alpha value is -3.23. The molecule has 1 saturated carbocycles. The van der Waals surface area contributed by atoms with Crippen LogP contribution in [0.25, 0.3) is 0 Å². The first-order valence-electron chi connectivity index (χ1n) is 14.6. The largest absolute Gasteiger partial charge is 0.507 e. The van der Waals surface area contributed by atoms with Gasteiger partial charge in [-0.1, -0.05) is 44.2 Å². The fraction of sp³-hybridized carbons (Fsp3) is 0.516. The van der Waals surface area contributed by atoms with E-state index in [2.05, 4.69) is 9.72 Å². The van der Waals surface area contributed by atoms with Crippen molar-refractivity contribution in [3.8, 4) is 5.75 Å². The number of hydrogen-bond donors (Lipinski definition) is 2. The predicted molar refractivity (Wildman–Crippen MR) is 161 cm³/mol. The molecule has 0 aliphatic heterocycles. The molecule has 8 nitrogen and oxygen atoms in total. The maximum absolute atomic E-state index is 14.5. The molecule has 4 rings (SSSR count). The van der Waals surface area contributed by atoms with Gasteiger partial charge in [0.1, 0.15) is 16.6 Å². The minimum absolute atomic E-state index is 0.0409. The van der Waals surface area contributed by atoms with E-state index in [0.29, 0.717) is 23.6 Å². The maximum Gasteiger partial charge on any atom is 0.341 e. The minimum Gasteiger partial charge on any atom is -0.507 e. The van der Waals surface area contributed by atoms with Crippen molar-refractivity contribution in [1.82, 2.24) is 9.29 Å². The molecular weight excluding hydrogens is 621 g/mol. The smallest absolute Gasteiger partial charge is 0.341 e. The van der Waals surface area contributed by atoms with Crippen LogP contribution in [0.15, 0.2) is 48.2 Å². The third kappa shape index (κ3) is 8.73. The number of allylic oxidation sites excluding steroid dienone is 1. The molecule has 1 aromatic heterocycles. The Labute approximate surface area is 263 Å². The molecular formula is C31H38F5N3O5S. The van der Waals surface area contributed by atoms with E-state index in [-0.39, 0.29) is 24.3 Å². The normalized spacial score (nSPS) is 22.1. The monoisotopic (exact) mass is 659 g/mol. The third-order valence-corrected chi connectivity index (χ3v) is 9.14. The van der Waals surface area contributed by atoms with Crippen molar-refractivity contribution in [2.24, 2.45) is 0 Å². The first-order valence-corrected chi connectivity index (χ1v) is 15.4. The van der Waals surface area contributed by atoms with Crippen LogP contribution in [-0.4, -0.2) is 82.5 Å². The minimum atomic E-state index is -3.03. The molecule has 0 radical (unpaired) electrons. The number of aromatic nitrogens is 1. The summed E-state index contributed by atoms with van der Waals surface area (Å²) in [6, 6.07) is 7.68. The summed E-state index contributed by atoms with van der Waals surface area (Å²) in [7, 11) is 2.15. The molecule has 2 aliphatic carbocycles. The number of carbonyl (C=O) groups excluding carboxylic acids is 2. The molecule has 0 saturated heterocycles. The van der Waals surface area contributed by atoms with Gasteiger partial charge in [-0.15, -0.1) is 0 Å². The lowest BCUT2D eigenvalue weighted by molar-refractivity contribution is -0.118. The number of phenols is 1. The Morgan fingerprint density at radius 3 is 2.29 bits per heavy atom. The van der Waals surface area contributed by atoms with E-state index in [4.69, 9.17) is 5.11 Å². The SMILES string of the molecule is CCN(CC(=O)N(Cc1ccc(C2CCCCC2)cn1)c1ccc(C(=O)OC)c(O)c1)SC1C(F)=C(F)C(F)C(F)C1F.CO. The average Bonchev–Trinajstić information content (AvgIpc) is 3.07. The summed E-state index contributed by atoms with van der Waals surface area (Å²) in [6.45, 7) is 1.09. The van der Waals surface area contributed by atoms with Gasteiger partial charge in [0.2, 0.25) is 5.91 Å². The number of benzene rings is 1. The van der Waals surface area contributed by atoms with Crippen molar-refractivity contribution in [2.45, 2.75) is 75.3 Å². The molecule has 1 amide bonds. The van der Waals surface area contributed by atoms with Gasteiger partial charge >= 0.3 is 5.97 Å². The molecule has 0 spiro atoms. The number of aliphatic hydroxyl groups excluding tert-OH is 1. The number of aliphatic hydroxyl groups is 1. The Kier molecular flexibility index (Phi) is 13.6. The summed E-state index contributed by atoms with van der Waals surface area (Å²) < 4.78 is 76.4. The van der Waals surface area contributed by atoms with E-state index >= 15 is 0 Å². The molecule has 2 aliphatic rings. The van der Waals surface area contributed by atoms with Crippen molar-refractivity contribution in [3.63, 3.8) is 0 Å². The molecule has 248 valence electrons. The lowest BCUT2D eigenvalue weighted by atomic mass is 9.85. The topological polar surface area (TPSA) is 103 Å². The third-order valence-electron chi connectivity index (χ3n) is 7.76. The van der Waals surface area contributed by atoms with E-state index in [0.717, 1.165) is 45.5 Å². The molecule has 45 heavy (non-hydrogen) atoms.